The maximum atomic E-state index is 12.8. The van der Waals surface area contributed by atoms with Gasteiger partial charge in [-0.25, -0.2) is 0 Å². The van der Waals surface area contributed by atoms with Crippen molar-refractivity contribution < 1.29 is 4.79 Å². The number of carbonyl (C=O) groups is 1. The van der Waals surface area contributed by atoms with E-state index in [1.807, 2.05) is 30.3 Å². The molecule has 1 aromatic heterocycles. The van der Waals surface area contributed by atoms with Crippen LogP contribution in [-0.2, 0) is 7.05 Å². The number of aromatic nitrogens is 4. The molecule has 1 N–H and O–H groups in total. The Morgan fingerprint density at radius 3 is 2.33 bits per heavy atom. The number of nitrogens with one attached hydrogen (secondary N) is 1. The summed E-state index contributed by atoms with van der Waals surface area (Å²) in [6.45, 7) is 2.75. The van der Waals surface area contributed by atoms with Gasteiger partial charge < -0.3 is 5.32 Å². The van der Waals surface area contributed by atoms with Gasteiger partial charge in [-0.3, -0.25) is 9.69 Å². The molecule has 0 unspecified atom stereocenters. The molecule has 7 nitrogen and oxygen atoms in total. The Morgan fingerprint density at radius 2 is 1.70 bits per heavy atom. The predicted molar refractivity (Wildman–Crippen MR) is 116 cm³/mol. The van der Waals surface area contributed by atoms with Crippen molar-refractivity contribution in [3.8, 4) is 11.4 Å². The summed E-state index contributed by atoms with van der Waals surface area (Å²) in [4.78, 5) is 16.7. The molecule has 0 spiro atoms. The Balaban J connectivity index is 1.44. The zero-order valence-corrected chi connectivity index (χ0v) is 17.4. The van der Waals surface area contributed by atoms with Crippen molar-refractivity contribution in [1.82, 2.24) is 30.4 Å². The molecule has 1 fully saturated rings. The Labute approximate surface area is 177 Å². The summed E-state index contributed by atoms with van der Waals surface area (Å²) in [7, 11) is 1.73. The third kappa shape index (κ3) is 4.91. The predicted octanol–water partition coefficient (Wildman–Crippen LogP) is 3.22. The summed E-state index contributed by atoms with van der Waals surface area (Å²) in [6, 6.07) is 18.0. The molecule has 2 heterocycles. The lowest BCUT2D eigenvalue weighted by Gasteiger charge is -2.31. The molecule has 2 aromatic carbocycles. The molecule has 0 aliphatic carbocycles. The van der Waals surface area contributed by atoms with Crippen molar-refractivity contribution in [3.05, 3.63) is 65.7 Å². The summed E-state index contributed by atoms with van der Waals surface area (Å²) >= 11 is 0. The Bertz CT molecular complexity index is 945. The fraction of sp³-hybridized carbons (Fsp3) is 0.391. The number of likely N-dealkylation sites (tertiary alicyclic amines) is 1. The fourth-order valence-corrected chi connectivity index (χ4v) is 4.00. The first-order valence-corrected chi connectivity index (χ1v) is 10.6. The molecule has 3 aromatic rings. The van der Waals surface area contributed by atoms with Crippen LogP contribution in [0.5, 0.6) is 0 Å². The second-order valence-electron chi connectivity index (χ2n) is 7.77. The molecular weight excluding hydrogens is 376 g/mol. The lowest BCUT2D eigenvalue weighted by molar-refractivity contribution is 0.0933. The Kier molecular flexibility index (Phi) is 6.49. The van der Waals surface area contributed by atoms with Gasteiger partial charge in [-0.2, -0.15) is 4.80 Å². The number of hydrogen-bond donors (Lipinski definition) is 1. The average molecular weight is 405 g/mol. The van der Waals surface area contributed by atoms with E-state index < -0.39 is 0 Å². The van der Waals surface area contributed by atoms with Crippen LogP contribution >= 0.6 is 0 Å². The van der Waals surface area contributed by atoms with Crippen molar-refractivity contribution in [2.75, 3.05) is 19.6 Å². The maximum absolute atomic E-state index is 12.8. The highest BCUT2D eigenvalue weighted by molar-refractivity contribution is 5.94. The lowest BCUT2D eigenvalue weighted by Crippen LogP contribution is -2.38. The van der Waals surface area contributed by atoms with Gasteiger partial charge in [0, 0.05) is 17.7 Å². The van der Waals surface area contributed by atoms with Crippen LogP contribution in [0.25, 0.3) is 11.4 Å². The smallest absolute Gasteiger partial charge is 0.251 e. The van der Waals surface area contributed by atoms with E-state index in [0.29, 0.717) is 17.9 Å². The number of rotatable bonds is 6. The normalized spacial score (nSPS) is 16.0. The van der Waals surface area contributed by atoms with Crippen LogP contribution in [0.15, 0.2) is 54.6 Å². The minimum atomic E-state index is -0.0654. The monoisotopic (exact) mass is 404 g/mol. The topological polar surface area (TPSA) is 75.9 Å². The zero-order chi connectivity index (χ0) is 20.8. The van der Waals surface area contributed by atoms with Gasteiger partial charge in [0.05, 0.1) is 13.1 Å². The first-order valence-electron chi connectivity index (χ1n) is 10.6. The van der Waals surface area contributed by atoms with Crippen molar-refractivity contribution >= 4 is 5.91 Å². The van der Waals surface area contributed by atoms with E-state index in [1.54, 1.807) is 7.05 Å². The second kappa shape index (κ2) is 9.63. The van der Waals surface area contributed by atoms with E-state index >= 15 is 0 Å². The van der Waals surface area contributed by atoms with Crippen LogP contribution in [0, 0.1) is 0 Å². The quantitative estimate of drug-likeness (QED) is 0.683. The van der Waals surface area contributed by atoms with Gasteiger partial charge in [-0.15, -0.1) is 10.2 Å². The number of benzene rings is 2. The molecule has 7 heteroatoms. The number of hydrogen-bond acceptors (Lipinski definition) is 5. The van der Waals surface area contributed by atoms with Gasteiger partial charge in [0.25, 0.3) is 5.91 Å². The summed E-state index contributed by atoms with van der Waals surface area (Å²) in [5.74, 6) is 0.485. The van der Waals surface area contributed by atoms with Crippen molar-refractivity contribution in [3.63, 3.8) is 0 Å². The molecule has 1 atom stereocenters. The Hall–Kier alpha value is -3.06. The van der Waals surface area contributed by atoms with E-state index in [1.165, 1.54) is 36.0 Å². The van der Waals surface area contributed by atoms with Crippen molar-refractivity contribution in [2.45, 2.75) is 31.7 Å². The van der Waals surface area contributed by atoms with Crippen LogP contribution < -0.4 is 5.32 Å². The average Bonchev–Trinajstić information content (AvgIpc) is 3.05. The van der Waals surface area contributed by atoms with Gasteiger partial charge in [0.2, 0.25) is 5.82 Å². The molecule has 0 bridgehead atoms. The SMILES string of the molecule is Cn1nnc(-c2ccc(C(=O)NC[C@@H](c3ccccc3)N3CCCCCC3)cc2)n1. The maximum Gasteiger partial charge on any atom is 0.251 e. The summed E-state index contributed by atoms with van der Waals surface area (Å²) in [5, 5.41) is 15.2. The molecule has 0 saturated carbocycles. The number of tetrazole rings is 1. The molecule has 1 aliphatic rings. The zero-order valence-electron chi connectivity index (χ0n) is 17.4. The van der Waals surface area contributed by atoms with Crippen LogP contribution in [-0.4, -0.2) is 50.6 Å². The van der Waals surface area contributed by atoms with Crippen LogP contribution in [0.4, 0.5) is 0 Å². The highest BCUT2D eigenvalue weighted by Gasteiger charge is 2.22. The highest BCUT2D eigenvalue weighted by atomic mass is 16.1. The van der Waals surface area contributed by atoms with Crippen molar-refractivity contribution in [1.29, 1.82) is 0 Å². The van der Waals surface area contributed by atoms with Gasteiger partial charge in [0.1, 0.15) is 0 Å². The number of nitrogens with zero attached hydrogens (tertiary/aromatic N) is 5. The van der Waals surface area contributed by atoms with Gasteiger partial charge in [-0.05, 0) is 48.8 Å². The highest BCUT2D eigenvalue weighted by Crippen LogP contribution is 2.24. The first-order chi connectivity index (χ1) is 14.7. The molecule has 4 rings (SSSR count). The third-order valence-electron chi connectivity index (χ3n) is 5.64. The van der Waals surface area contributed by atoms with Gasteiger partial charge >= 0.3 is 0 Å². The van der Waals surface area contributed by atoms with Crippen LogP contribution in [0.3, 0.4) is 0 Å². The minimum Gasteiger partial charge on any atom is -0.350 e. The van der Waals surface area contributed by atoms with Crippen LogP contribution in [0.2, 0.25) is 0 Å². The number of carbonyl (C=O) groups excluding carboxylic acids is 1. The van der Waals surface area contributed by atoms with E-state index in [0.717, 1.165) is 18.7 Å². The number of amides is 1. The fourth-order valence-electron chi connectivity index (χ4n) is 4.00. The summed E-state index contributed by atoms with van der Waals surface area (Å²) in [6.07, 6.45) is 5.01. The summed E-state index contributed by atoms with van der Waals surface area (Å²) < 4.78 is 0. The first kappa shape index (κ1) is 20.2. The second-order valence-corrected chi connectivity index (χ2v) is 7.77. The Morgan fingerprint density at radius 1 is 1.00 bits per heavy atom. The molecule has 156 valence electrons. The van der Waals surface area contributed by atoms with Gasteiger partial charge in [-0.1, -0.05) is 55.3 Å². The van der Waals surface area contributed by atoms with Crippen molar-refractivity contribution in [2.24, 2.45) is 7.05 Å². The van der Waals surface area contributed by atoms with Gasteiger partial charge in [0.15, 0.2) is 0 Å². The van der Waals surface area contributed by atoms with E-state index in [9.17, 15) is 4.79 Å². The standard InChI is InChI=1S/C23H28N6O/c1-28-26-22(25-27-28)19-11-13-20(14-12-19)23(30)24-17-21(18-9-5-4-6-10-18)29-15-7-2-3-8-16-29/h4-6,9-14,21H,2-3,7-8,15-17H2,1H3,(H,24,30)/t21-/m0/s1. The molecule has 1 amide bonds. The largest absolute Gasteiger partial charge is 0.350 e. The molecule has 30 heavy (non-hydrogen) atoms. The number of aryl methyl sites for hydroxylation is 1. The van der Waals surface area contributed by atoms with E-state index in [-0.39, 0.29) is 11.9 Å². The van der Waals surface area contributed by atoms with Crippen LogP contribution in [0.1, 0.15) is 47.6 Å². The molecular formula is C23H28N6O. The summed E-state index contributed by atoms with van der Waals surface area (Å²) in [5.41, 5.74) is 2.72. The third-order valence-corrected chi connectivity index (χ3v) is 5.64. The molecule has 0 radical (unpaired) electrons. The van der Waals surface area contributed by atoms with E-state index in [4.69, 9.17) is 0 Å². The molecule has 1 saturated heterocycles. The lowest BCUT2D eigenvalue weighted by atomic mass is 10.0. The minimum absolute atomic E-state index is 0.0654. The van der Waals surface area contributed by atoms with E-state index in [2.05, 4.69) is 49.9 Å². The molecule has 1 aliphatic heterocycles.